The van der Waals surface area contributed by atoms with E-state index < -0.39 is 0 Å². The molecule has 0 unspecified atom stereocenters. The van der Waals surface area contributed by atoms with Gasteiger partial charge in [0.2, 0.25) is 5.91 Å². The van der Waals surface area contributed by atoms with Gasteiger partial charge in [-0.3, -0.25) is 9.48 Å². The maximum atomic E-state index is 13.1. The maximum absolute atomic E-state index is 13.1. The molecule has 1 amide bonds. The van der Waals surface area contributed by atoms with E-state index in [1.165, 1.54) is 29.8 Å². The first-order chi connectivity index (χ1) is 12.5. The molecule has 0 spiro atoms. The summed E-state index contributed by atoms with van der Waals surface area (Å²) in [6, 6.07) is 0.449. The van der Waals surface area contributed by atoms with Crippen LogP contribution in [0.1, 0.15) is 83.2 Å². The quantitative estimate of drug-likeness (QED) is 0.796. The van der Waals surface area contributed by atoms with Crippen LogP contribution < -0.4 is 0 Å². The zero-order valence-electron chi connectivity index (χ0n) is 17.9. The topological polar surface area (TPSA) is 38.1 Å². The largest absolute Gasteiger partial charge is 0.339 e. The zero-order chi connectivity index (χ0) is 19.4. The lowest BCUT2D eigenvalue weighted by atomic mass is 9.65. The number of rotatable bonds is 3. The van der Waals surface area contributed by atoms with Gasteiger partial charge in [-0.05, 0) is 60.7 Å². The van der Waals surface area contributed by atoms with Crippen LogP contribution in [0.5, 0.6) is 0 Å². The summed E-state index contributed by atoms with van der Waals surface area (Å²) < 4.78 is 2.17. The zero-order valence-corrected chi connectivity index (χ0v) is 17.9. The SMILES string of the molecule is Cc1nn(CCC(=O)N2C[C@]3(C)C[C@@H]2CC(C)(C)C3)c2c1[C@H]1[C@@H](C2)C1(C)C. The standard InChI is InChI=1S/C23H35N3O/c1-14-19-17(9-16-20(19)22(16,4)5)26(24-14)8-7-18(27)25-13-23(6)11-15(25)10-21(2,3)12-23/h15-16,20H,7-13H2,1-6H3/t15-,16+,20+,23+/m0/s1. The van der Waals surface area contributed by atoms with Crippen molar-refractivity contribution in [2.45, 2.75) is 92.2 Å². The van der Waals surface area contributed by atoms with E-state index in [-0.39, 0.29) is 0 Å². The number of likely N-dealkylation sites (tertiary alicyclic amines) is 1. The van der Waals surface area contributed by atoms with E-state index in [0.29, 0.717) is 40.5 Å². The van der Waals surface area contributed by atoms with Gasteiger partial charge in [0.05, 0.1) is 5.69 Å². The molecule has 3 fully saturated rings. The highest BCUT2D eigenvalue weighted by molar-refractivity contribution is 5.77. The van der Waals surface area contributed by atoms with E-state index in [0.717, 1.165) is 31.8 Å². The molecule has 4 heteroatoms. The molecule has 2 bridgehead atoms. The Labute approximate surface area is 163 Å². The highest BCUT2D eigenvalue weighted by Crippen LogP contribution is 2.70. The molecule has 4 nitrogen and oxygen atoms in total. The Morgan fingerprint density at radius 3 is 2.67 bits per heavy atom. The molecule has 5 rings (SSSR count). The molecule has 1 aromatic rings. The number of carbonyl (C=O) groups is 1. The molecule has 27 heavy (non-hydrogen) atoms. The van der Waals surface area contributed by atoms with Gasteiger partial charge in [0.15, 0.2) is 0 Å². The summed E-state index contributed by atoms with van der Waals surface area (Å²) in [5.74, 6) is 1.84. The molecule has 4 aliphatic rings. The average Bonchev–Trinajstić information content (AvgIpc) is 2.90. The van der Waals surface area contributed by atoms with E-state index in [2.05, 4.69) is 51.1 Å². The molecular formula is C23H35N3O. The average molecular weight is 370 g/mol. The van der Waals surface area contributed by atoms with Crippen molar-refractivity contribution in [1.82, 2.24) is 14.7 Å². The summed E-state index contributed by atoms with van der Waals surface area (Å²) in [7, 11) is 0. The second kappa shape index (κ2) is 5.18. The van der Waals surface area contributed by atoms with Crippen molar-refractivity contribution in [1.29, 1.82) is 0 Å². The fraction of sp³-hybridized carbons (Fsp3) is 0.826. The minimum absolute atomic E-state index is 0.318. The van der Waals surface area contributed by atoms with Crippen molar-refractivity contribution < 1.29 is 4.79 Å². The summed E-state index contributed by atoms with van der Waals surface area (Å²) in [6.07, 6.45) is 5.34. The fourth-order valence-electron chi connectivity index (χ4n) is 7.45. The monoisotopic (exact) mass is 369 g/mol. The number of hydrogen-bond acceptors (Lipinski definition) is 2. The van der Waals surface area contributed by atoms with E-state index in [1.54, 1.807) is 0 Å². The smallest absolute Gasteiger partial charge is 0.224 e. The third-order valence-corrected chi connectivity index (χ3v) is 8.33. The Bertz CT molecular complexity index is 820. The number of carbonyl (C=O) groups excluding carboxylic acids is 1. The molecule has 1 aromatic heterocycles. The normalized spacial score (nSPS) is 37.3. The van der Waals surface area contributed by atoms with Crippen molar-refractivity contribution in [2.75, 3.05) is 6.54 Å². The van der Waals surface area contributed by atoms with Gasteiger partial charge in [0.25, 0.3) is 0 Å². The molecule has 2 heterocycles. The number of aryl methyl sites for hydroxylation is 2. The van der Waals surface area contributed by atoms with Crippen molar-refractivity contribution in [3.63, 3.8) is 0 Å². The van der Waals surface area contributed by atoms with Crippen LogP contribution in [0.25, 0.3) is 0 Å². The Balaban J connectivity index is 1.28. The number of nitrogens with zero attached hydrogens (tertiary/aromatic N) is 3. The first kappa shape index (κ1) is 17.8. The Morgan fingerprint density at radius 2 is 1.93 bits per heavy atom. The van der Waals surface area contributed by atoms with Crippen molar-refractivity contribution in [3.05, 3.63) is 17.0 Å². The Morgan fingerprint density at radius 1 is 1.19 bits per heavy atom. The summed E-state index contributed by atoms with van der Waals surface area (Å²) in [6.45, 7) is 15.7. The van der Waals surface area contributed by atoms with Crippen LogP contribution >= 0.6 is 0 Å². The van der Waals surface area contributed by atoms with Crippen LogP contribution in [0.4, 0.5) is 0 Å². The molecule has 2 saturated carbocycles. The fourth-order valence-corrected chi connectivity index (χ4v) is 7.45. The van der Waals surface area contributed by atoms with Crippen molar-refractivity contribution in [2.24, 2.45) is 22.2 Å². The lowest BCUT2D eigenvalue weighted by Crippen LogP contribution is -2.38. The first-order valence-electron chi connectivity index (χ1n) is 10.9. The third-order valence-electron chi connectivity index (χ3n) is 8.33. The first-order valence-corrected chi connectivity index (χ1v) is 10.9. The number of aromatic nitrogens is 2. The van der Waals surface area contributed by atoms with E-state index >= 15 is 0 Å². The van der Waals surface area contributed by atoms with Gasteiger partial charge in [0.1, 0.15) is 0 Å². The van der Waals surface area contributed by atoms with Gasteiger partial charge in [-0.2, -0.15) is 5.10 Å². The van der Waals surface area contributed by atoms with E-state index in [4.69, 9.17) is 5.10 Å². The van der Waals surface area contributed by atoms with E-state index in [1.807, 2.05) is 0 Å². The highest BCUT2D eigenvalue weighted by atomic mass is 16.2. The van der Waals surface area contributed by atoms with Crippen LogP contribution in [-0.4, -0.2) is 33.2 Å². The van der Waals surface area contributed by atoms with Crippen LogP contribution in [-0.2, 0) is 17.8 Å². The van der Waals surface area contributed by atoms with Gasteiger partial charge in [-0.1, -0.05) is 34.6 Å². The molecule has 1 aliphatic heterocycles. The third kappa shape index (κ3) is 2.54. The Kier molecular flexibility index (Phi) is 3.41. The predicted molar refractivity (Wildman–Crippen MR) is 107 cm³/mol. The summed E-state index contributed by atoms with van der Waals surface area (Å²) in [4.78, 5) is 15.3. The molecule has 3 aliphatic carbocycles. The minimum atomic E-state index is 0.318. The van der Waals surface area contributed by atoms with Gasteiger partial charge >= 0.3 is 0 Å². The van der Waals surface area contributed by atoms with Gasteiger partial charge in [0, 0.05) is 36.8 Å². The lowest BCUT2D eigenvalue weighted by molar-refractivity contribution is -0.132. The number of amides is 1. The van der Waals surface area contributed by atoms with Crippen LogP contribution in [0.2, 0.25) is 0 Å². The van der Waals surface area contributed by atoms with Crippen LogP contribution in [0.15, 0.2) is 0 Å². The van der Waals surface area contributed by atoms with Crippen LogP contribution in [0.3, 0.4) is 0 Å². The minimum Gasteiger partial charge on any atom is -0.339 e. The molecule has 1 saturated heterocycles. The maximum Gasteiger partial charge on any atom is 0.224 e. The molecular weight excluding hydrogens is 334 g/mol. The second-order valence-corrected chi connectivity index (χ2v) is 11.8. The van der Waals surface area contributed by atoms with Gasteiger partial charge in [-0.25, -0.2) is 0 Å². The number of fused-ring (bicyclic) bond motifs is 5. The molecule has 0 N–H and O–H groups in total. The molecule has 148 valence electrons. The van der Waals surface area contributed by atoms with Gasteiger partial charge < -0.3 is 4.90 Å². The van der Waals surface area contributed by atoms with E-state index in [9.17, 15) is 4.79 Å². The van der Waals surface area contributed by atoms with Crippen molar-refractivity contribution in [3.8, 4) is 0 Å². The van der Waals surface area contributed by atoms with Crippen LogP contribution in [0, 0.1) is 29.1 Å². The Hall–Kier alpha value is -1.32. The predicted octanol–water partition coefficient (Wildman–Crippen LogP) is 4.30. The summed E-state index contributed by atoms with van der Waals surface area (Å²) in [5, 5.41) is 4.82. The molecule has 4 atom stereocenters. The lowest BCUT2D eigenvalue weighted by Gasteiger charge is -2.39. The highest BCUT2D eigenvalue weighted by Gasteiger charge is 2.63. The number of hydrogen-bond donors (Lipinski definition) is 0. The van der Waals surface area contributed by atoms with Crippen molar-refractivity contribution >= 4 is 5.91 Å². The summed E-state index contributed by atoms with van der Waals surface area (Å²) in [5.41, 5.74) is 5.25. The molecule has 0 radical (unpaired) electrons. The molecule has 0 aromatic carbocycles. The van der Waals surface area contributed by atoms with Gasteiger partial charge in [-0.15, -0.1) is 0 Å². The summed E-state index contributed by atoms with van der Waals surface area (Å²) >= 11 is 0. The second-order valence-electron chi connectivity index (χ2n) is 11.8.